The third kappa shape index (κ3) is 3.87. The van der Waals surface area contributed by atoms with Crippen LogP contribution in [0.2, 0.25) is 15.1 Å². The lowest BCUT2D eigenvalue weighted by molar-refractivity contribution is 0.101. The zero-order valence-corrected chi connectivity index (χ0v) is 12.1. The van der Waals surface area contributed by atoms with Crippen molar-refractivity contribution in [2.24, 2.45) is 0 Å². The average molecular weight is 315 g/mol. The Morgan fingerprint density at radius 3 is 2.21 bits per heavy atom. The zero-order valence-electron chi connectivity index (χ0n) is 9.79. The maximum atomic E-state index is 12.0. The molecule has 0 aromatic heterocycles. The molecule has 0 saturated carbocycles. The molecule has 0 atom stereocenters. The highest BCUT2D eigenvalue weighted by molar-refractivity contribution is 6.37. The molecule has 0 saturated heterocycles. The number of carbonyl (C=O) groups excluding carboxylic acids is 1. The van der Waals surface area contributed by atoms with Gasteiger partial charge in [0.25, 0.3) is 0 Å². The minimum absolute atomic E-state index is 0.100. The first-order valence-corrected chi connectivity index (χ1v) is 6.67. The van der Waals surface area contributed by atoms with Crippen LogP contribution in [-0.2, 0) is 0 Å². The Labute approximate surface area is 126 Å². The predicted octanol–water partition coefficient (Wildman–Crippen LogP) is 4.94. The molecule has 5 heteroatoms. The van der Waals surface area contributed by atoms with E-state index in [9.17, 15) is 4.79 Å². The average Bonchev–Trinajstić information content (AvgIpc) is 2.37. The van der Waals surface area contributed by atoms with Gasteiger partial charge in [0.05, 0.1) is 11.6 Å². The quantitative estimate of drug-likeness (QED) is 0.810. The van der Waals surface area contributed by atoms with Crippen LogP contribution in [0.25, 0.3) is 0 Å². The molecule has 0 heterocycles. The number of nitrogens with one attached hydrogen (secondary N) is 1. The molecule has 0 spiro atoms. The summed E-state index contributed by atoms with van der Waals surface area (Å²) in [5.74, 6) is -0.100. The van der Waals surface area contributed by atoms with Crippen LogP contribution < -0.4 is 5.32 Å². The van der Waals surface area contributed by atoms with Crippen molar-refractivity contribution in [3.63, 3.8) is 0 Å². The number of hydrogen-bond acceptors (Lipinski definition) is 2. The molecule has 98 valence electrons. The summed E-state index contributed by atoms with van der Waals surface area (Å²) in [7, 11) is 0. The van der Waals surface area contributed by atoms with E-state index in [0.29, 0.717) is 20.6 Å². The van der Waals surface area contributed by atoms with Crippen molar-refractivity contribution < 1.29 is 4.79 Å². The van der Waals surface area contributed by atoms with E-state index in [1.165, 1.54) is 0 Å². The molecule has 0 fully saturated rings. The van der Waals surface area contributed by atoms with E-state index in [2.05, 4.69) is 5.32 Å². The third-order valence-corrected chi connectivity index (χ3v) is 3.33. The highest BCUT2D eigenvalue weighted by Gasteiger charge is 2.10. The highest BCUT2D eigenvalue weighted by Crippen LogP contribution is 2.21. The van der Waals surface area contributed by atoms with Gasteiger partial charge in [0, 0.05) is 21.3 Å². The number of carbonyl (C=O) groups is 1. The number of halogens is 3. The maximum absolute atomic E-state index is 12.0. The van der Waals surface area contributed by atoms with Crippen LogP contribution >= 0.6 is 34.8 Å². The minimum atomic E-state index is -0.100. The van der Waals surface area contributed by atoms with Gasteiger partial charge in [-0.1, -0.05) is 34.8 Å². The fourth-order valence-electron chi connectivity index (χ4n) is 1.56. The number of rotatable bonds is 4. The molecule has 0 bridgehead atoms. The van der Waals surface area contributed by atoms with Gasteiger partial charge in [-0.2, -0.15) is 0 Å². The molecular weight excluding hydrogens is 305 g/mol. The topological polar surface area (TPSA) is 29.1 Å². The van der Waals surface area contributed by atoms with E-state index >= 15 is 0 Å². The predicted molar refractivity (Wildman–Crippen MR) is 80.7 cm³/mol. The second kappa shape index (κ2) is 6.29. The molecule has 19 heavy (non-hydrogen) atoms. The van der Waals surface area contributed by atoms with Crippen molar-refractivity contribution in [3.05, 3.63) is 63.1 Å². The Morgan fingerprint density at radius 1 is 0.947 bits per heavy atom. The zero-order chi connectivity index (χ0) is 13.8. The molecule has 2 rings (SSSR count). The first-order valence-electron chi connectivity index (χ1n) is 5.54. The van der Waals surface area contributed by atoms with Crippen molar-refractivity contribution in [2.75, 3.05) is 11.9 Å². The van der Waals surface area contributed by atoms with Gasteiger partial charge >= 0.3 is 0 Å². The summed E-state index contributed by atoms with van der Waals surface area (Å²) in [6.45, 7) is 0.156. The van der Waals surface area contributed by atoms with Gasteiger partial charge < -0.3 is 5.32 Å². The Bertz CT molecular complexity index is 596. The number of hydrogen-bond donors (Lipinski definition) is 1. The van der Waals surface area contributed by atoms with E-state index in [-0.39, 0.29) is 12.3 Å². The lowest BCUT2D eigenvalue weighted by Gasteiger charge is -2.07. The van der Waals surface area contributed by atoms with Crippen molar-refractivity contribution in [3.8, 4) is 0 Å². The molecule has 1 N–H and O–H groups in total. The molecule has 2 aromatic carbocycles. The second-order valence-corrected chi connectivity index (χ2v) is 5.19. The third-order valence-electron chi connectivity index (χ3n) is 2.53. The Balaban J connectivity index is 2.03. The van der Waals surface area contributed by atoms with Gasteiger partial charge in [-0.25, -0.2) is 0 Å². The van der Waals surface area contributed by atoms with Gasteiger partial charge in [-0.05, 0) is 42.5 Å². The van der Waals surface area contributed by atoms with E-state index < -0.39 is 0 Å². The van der Waals surface area contributed by atoms with E-state index in [4.69, 9.17) is 34.8 Å². The summed E-state index contributed by atoms with van der Waals surface area (Å²) in [5, 5.41) is 4.53. The minimum Gasteiger partial charge on any atom is -0.378 e. The molecule has 0 unspecified atom stereocenters. The first-order chi connectivity index (χ1) is 9.06. The molecule has 0 amide bonds. The fraction of sp³-hybridized carbons (Fsp3) is 0.0714. The second-order valence-electron chi connectivity index (χ2n) is 3.91. The van der Waals surface area contributed by atoms with Crippen LogP contribution in [0.5, 0.6) is 0 Å². The van der Waals surface area contributed by atoms with Crippen LogP contribution in [0.3, 0.4) is 0 Å². The number of ketones is 1. The van der Waals surface area contributed by atoms with Crippen LogP contribution in [0.4, 0.5) is 5.69 Å². The summed E-state index contributed by atoms with van der Waals surface area (Å²) >= 11 is 17.5. The Morgan fingerprint density at radius 2 is 1.58 bits per heavy atom. The fourth-order valence-corrected chi connectivity index (χ4v) is 2.20. The standard InChI is InChI=1S/C14H10Cl3NO/c15-9-1-4-11(5-2-9)18-8-14(19)12-6-3-10(16)7-13(12)17/h1-7,18H,8H2. The summed E-state index contributed by atoms with van der Waals surface area (Å²) in [6.07, 6.45) is 0. The van der Waals surface area contributed by atoms with Gasteiger partial charge in [-0.15, -0.1) is 0 Å². The van der Waals surface area contributed by atoms with Crippen molar-refractivity contribution >= 4 is 46.3 Å². The normalized spacial score (nSPS) is 10.3. The molecule has 0 aliphatic rings. The van der Waals surface area contributed by atoms with Crippen LogP contribution in [0.1, 0.15) is 10.4 Å². The van der Waals surface area contributed by atoms with Gasteiger partial charge in [0.2, 0.25) is 0 Å². The molecule has 2 nitrogen and oxygen atoms in total. The largest absolute Gasteiger partial charge is 0.378 e. The highest BCUT2D eigenvalue weighted by atomic mass is 35.5. The molecular formula is C14H10Cl3NO. The molecule has 0 aliphatic heterocycles. The Kier molecular flexibility index (Phi) is 4.70. The lowest BCUT2D eigenvalue weighted by Crippen LogP contribution is -2.14. The van der Waals surface area contributed by atoms with E-state index in [1.54, 1.807) is 42.5 Å². The van der Waals surface area contributed by atoms with Crippen molar-refractivity contribution in [2.45, 2.75) is 0 Å². The van der Waals surface area contributed by atoms with E-state index in [1.807, 2.05) is 0 Å². The Hall–Kier alpha value is -1.22. The SMILES string of the molecule is O=C(CNc1ccc(Cl)cc1)c1ccc(Cl)cc1Cl. The smallest absolute Gasteiger partial charge is 0.183 e. The lowest BCUT2D eigenvalue weighted by atomic mass is 10.1. The van der Waals surface area contributed by atoms with Gasteiger partial charge in [0.15, 0.2) is 5.78 Å². The van der Waals surface area contributed by atoms with Crippen LogP contribution in [-0.4, -0.2) is 12.3 Å². The van der Waals surface area contributed by atoms with Crippen molar-refractivity contribution in [1.82, 2.24) is 0 Å². The molecule has 0 aliphatic carbocycles. The number of benzene rings is 2. The van der Waals surface area contributed by atoms with Crippen LogP contribution in [0.15, 0.2) is 42.5 Å². The van der Waals surface area contributed by atoms with Crippen LogP contribution in [0, 0.1) is 0 Å². The molecule has 2 aromatic rings. The number of anilines is 1. The number of Topliss-reactive ketones (excluding diaryl/α,β-unsaturated/α-hetero) is 1. The summed E-state index contributed by atoms with van der Waals surface area (Å²) < 4.78 is 0. The van der Waals surface area contributed by atoms with Gasteiger partial charge in [-0.3, -0.25) is 4.79 Å². The monoisotopic (exact) mass is 313 g/mol. The summed E-state index contributed by atoms with van der Waals surface area (Å²) in [5.41, 5.74) is 1.27. The summed E-state index contributed by atoms with van der Waals surface area (Å²) in [6, 6.07) is 11.9. The first kappa shape index (κ1) is 14.2. The van der Waals surface area contributed by atoms with Crippen molar-refractivity contribution in [1.29, 1.82) is 0 Å². The van der Waals surface area contributed by atoms with Gasteiger partial charge in [0.1, 0.15) is 0 Å². The summed E-state index contributed by atoms with van der Waals surface area (Å²) in [4.78, 5) is 12.0. The maximum Gasteiger partial charge on any atom is 0.183 e. The molecule has 0 radical (unpaired) electrons. The van der Waals surface area contributed by atoms with E-state index in [0.717, 1.165) is 5.69 Å².